The normalized spacial score (nSPS) is 11.0. The van der Waals surface area contributed by atoms with Crippen molar-refractivity contribution >= 4 is 11.3 Å². The highest BCUT2D eigenvalue weighted by atomic mass is 32.1. The lowest BCUT2D eigenvalue weighted by Gasteiger charge is -2.14. The summed E-state index contributed by atoms with van der Waals surface area (Å²) in [6, 6.07) is 3.84. The number of hydrogen-bond donors (Lipinski definition) is 0. The van der Waals surface area contributed by atoms with Crippen LogP contribution in [-0.2, 0) is 5.41 Å². The van der Waals surface area contributed by atoms with Crippen LogP contribution in [0.15, 0.2) is 5.38 Å². The molecule has 0 bridgehead atoms. The third-order valence-corrected chi connectivity index (χ3v) is 2.71. The van der Waals surface area contributed by atoms with Gasteiger partial charge in [0.25, 0.3) is 0 Å². The average Bonchev–Trinajstić information content (AvgIpc) is 2.54. The van der Waals surface area contributed by atoms with E-state index in [4.69, 9.17) is 10.5 Å². The van der Waals surface area contributed by atoms with E-state index in [0.717, 1.165) is 5.69 Å². The van der Waals surface area contributed by atoms with E-state index in [1.54, 1.807) is 0 Å². The molecule has 0 aliphatic rings. The average molecular weight is 205 g/mol. The van der Waals surface area contributed by atoms with E-state index in [9.17, 15) is 0 Å². The van der Waals surface area contributed by atoms with Crippen molar-refractivity contribution in [1.82, 2.24) is 4.98 Å². The van der Waals surface area contributed by atoms with Crippen LogP contribution in [0.2, 0.25) is 0 Å². The molecule has 14 heavy (non-hydrogen) atoms. The predicted molar refractivity (Wildman–Crippen MR) is 54.8 cm³/mol. The number of hydrogen-bond acceptors (Lipinski definition) is 4. The zero-order valence-electron chi connectivity index (χ0n) is 8.40. The Morgan fingerprint density at radius 1 is 1.36 bits per heavy atom. The van der Waals surface area contributed by atoms with Crippen molar-refractivity contribution in [3.05, 3.63) is 16.1 Å². The molecule has 0 saturated carbocycles. The summed E-state index contributed by atoms with van der Waals surface area (Å²) >= 11 is 1.38. The van der Waals surface area contributed by atoms with Gasteiger partial charge in [0.15, 0.2) is 5.92 Å². The molecule has 1 aromatic rings. The van der Waals surface area contributed by atoms with E-state index in [2.05, 4.69) is 25.8 Å². The van der Waals surface area contributed by atoms with Crippen molar-refractivity contribution in [3.8, 4) is 12.1 Å². The number of thiazole rings is 1. The van der Waals surface area contributed by atoms with Gasteiger partial charge in [0.1, 0.15) is 5.01 Å². The molecular formula is C10H11N3S. The van der Waals surface area contributed by atoms with E-state index >= 15 is 0 Å². The van der Waals surface area contributed by atoms with Gasteiger partial charge in [-0.3, -0.25) is 0 Å². The van der Waals surface area contributed by atoms with E-state index in [1.807, 2.05) is 17.5 Å². The van der Waals surface area contributed by atoms with E-state index < -0.39 is 5.92 Å². The second-order valence-electron chi connectivity index (χ2n) is 4.01. The molecular weight excluding hydrogens is 194 g/mol. The first-order valence-corrected chi connectivity index (χ1v) is 5.12. The maximum absolute atomic E-state index is 8.69. The zero-order chi connectivity index (χ0) is 10.8. The Hall–Kier alpha value is -1.39. The Bertz CT molecular complexity index is 386. The quantitative estimate of drug-likeness (QED) is 0.708. The Morgan fingerprint density at radius 2 is 1.93 bits per heavy atom. The number of aromatic nitrogens is 1. The lowest BCUT2D eigenvalue weighted by Crippen LogP contribution is -2.11. The summed E-state index contributed by atoms with van der Waals surface area (Å²) in [4.78, 5) is 4.30. The van der Waals surface area contributed by atoms with Crippen molar-refractivity contribution in [1.29, 1.82) is 10.5 Å². The number of nitriles is 2. The highest BCUT2D eigenvalue weighted by Crippen LogP contribution is 2.27. The van der Waals surface area contributed by atoms with Gasteiger partial charge < -0.3 is 0 Å². The second kappa shape index (κ2) is 3.77. The van der Waals surface area contributed by atoms with Crippen LogP contribution in [0.25, 0.3) is 0 Å². The van der Waals surface area contributed by atoms with Gasteiger partial charge in [-0.25, -0.2) is 4.98 Å². The molecule has 1 heterocycles. The van der Waals surface area contributed by atoms with Crippen LogP contribution >= 0.6 is 11.3 Å². The van der Waals surface area contributed by atoms with Crippen molar-refractivity contribution in [2.75, 3.05) is 0 Å². The lowest BCUT2D eigenvalue weighted by atomic mass is 9.93. The van der Waals surface area contributed by atoms with Gasteiger partial charge in [0.05, 0.1) is 17.8 Å². The fourth-order valence-corrected chi connectivity index (χ4v) is 1.94. The smallest absolute Gasteiger partial charge is 0.184 e. The molecule has 4 heteroatoms. The largest absolute Gasteiger partial charge is 0.243 e. The topological polar surface area (TPSA) is 60.5 Å². The van der Waals surface area contributed by atoms with Gasteiger partial charge in [0, 0.05) is 10.8 Å². The molecule has 0 amide bonds. The van der Waals surface area contributed by atoms with Crippen LogP contribution < -0.4 is 0 Å². The maximum atomic E-state index is 8.69. The molecule has 0 aliphatic heterocycles. The van der Waals surface area contributed by atoms with Crippen molar-refractivity contribution < 1.29 is 0 Å². The monoisotopic (exact) mass is 205 g/mol. The van der Waals surface area contributed by atoms with Crippen LogP contribution in [0.3, 0.4) is 0 Å². The summed E-state index contributed by atoms with van der Waals surface area (Å²) in [6.45, 7) is 6.17. The molecule has 0 aromatic carbocycles. The Labute approximate surface area is 87.6 Å². The SMILES string of the molecule is CC(C)(C)c1csc(C(C#N)C#N)n1. The van der Waals surface area contributed by atoms with E-state index in [0.29, 0.717) is 5.01 Å². The maximum Gasteiger partial charge on any atom is 0.184 e. The van der Waals surface area contributed by atoms with E-state index in [1.165, 1.54) is 11.3 Å². The van der Waals surface area contributed by atoms with Crippen LogP contribution in [-0.4, -0.2) is 4.98 Å². The summed E-state index contributed by atoms with van der Waals surface area (Å²) in [6.07, 6.45) is 0. The Balaban J connectivity index is 3.02. The van der Waals surface area contributed by atoms with Gasteiger partial charge in [-0.1, -0.05) is 20.8 Å². The Morgan fingerprint density at radius 3 is 2.29 bits per heavy atom. The standard InChI is InChI=1S/C10H11N3S/c1-10(2,3)8-6-14-9(13-8)7(4-11)5-12/h6-7H,1-3H3. The molecule has 0 radical (unpaired) electrons. The second-order valence-corrected chi connectivity index (χ2v) is 4.90. The fourth-order valence-electron chi connectivity index (χ4n) is 0.904. The lowest BCUT2D eigenvalue weighted by molar-refractivity contribution is 0.571. The van der Waals surface area contributed by atoms with Crippen LogP contribution in [0.1, 0.15) is 37.4 Å². The molecule has 0 saturated heterocycles. The minimum atomic E-state index is -0.726. The molecule has 0 spiro atoms. The molecule has 1 aromatic heterocycles. The van der Waals surface area contributed by atoms with Crippen LogP contribution in [0.4, 0.5) is 0 Å². The first kappa shape index (κ1) is 10.7. The van der Waals surface area contributed by atoms with E-state index in [-0.39, 0.29) is 5.41 Å². The molecule has 1 rings (SSSR count). The fraction of sp³-hybridized carbons (Fsp3) is 0.500. The van der Waals surface area contributed by atoms with Gasteiger partial charge in [-0.15, -0.1) is 11.3 Å². The molecule has 0 aliphatic carbocycles. The van der Waals surface area contributed by atoms with Crippen molar-refractivity contribution in [2.24, 2.45) is 0 Å². The number of nitrogens with zero attached hydrogens (tertiary/aromatic N) is 3. The minimum absolute atomic E-state index is 0.0236. The van der Waals surface area contributed by atoms with Gasteiger partial charge in [-0.2, -0.15) is 10.5 Å². The molecule has 0 atom stereocenters. The van der Waals surface area contributed by atoms with Crippen LogP contribution in [0.5, 0.6) is 0 Å². The molecule has 0 unspecified atom stereocenters. The molecule has 3 nitrogen and oxygen atoms in total. The number of rotatable bonds is 1. The summed E-state index contributed by atoms with van der Waals surface area (Å²) < 4.78 is 0. The highest BCUT2D eigenvalue weighted by molar-refractivity contribution is 7.09. The predicted octanol–water partition coefficient (Wildman–Crippen LogP) is 2.57. The minimum Gasteiger partial charge on any atom is -0.243 e. The van der Waals surface area contributed by atoms with Gasteiger partial charge in [-0.05, 0) is 0 Å². The first-order valence-electron chi connectivity index (χ1n) is 4.24. The van der Waals surface area contributed by atoms with Gasteiger partial charge in [0.2, 0.25) is 0 Å². The molecule has 72 valence electrons. The Kier molecular flexibility index (Phi) is 2.88. The highest BCUT2D eigenvalue weighted by Gasteiger charge is 2.20. The van der Waals surface area contributed by atoms with Crippen LogP contribution in [0, 0.1) is 22.7 Å². The third-order valence-electron chi connectivity index (χ3n) is 1.80. The summed E-state index contributed by atoms with van der Waals surface area (Å²) in [5, 5.41) is 19.9. The van der Waals surface area contributed by atoms with Crippen molar-refractivity contribution in [3.63, 3.8) is 0 Å². The summed E-state index contributed by atoms with van der Waals surface area (Å²) in [5.74, 6) is -0.726. The zero-order valence-corrected chi connectivity index (χ0v) is 9.22. The molecule has 0 N–H and O–H groups in total. The van der Waals surface area contributed by atoms with Crippen molar-refractivity contribution in [2.45, 2.75) is 32.1 Å². The third kappa shape index (κ3) is 2.10. The summed E-state index contributed by atoms with van der Waals surface area (Å²) in [7, 11) is 0. The summed E-state index contributed by atoms with van der Waals surface area (Å²) in [5.41, 5.74) is 0.914. The molecule has 0 fully saturated rings. The first-order chi connectivity index (χ1) is 6.49. The van der Waals surface area contributed by atoms with Gasteiger partial charge >= 0.3 is 0 Å².